The number of carbonyl (C=O) groups is 2. The summed E-state index contributed by atoms with van der Waals surface area (Å²) in [7, 11) is 0. The number of hydrogen-bond acceptors (Lipinski definition) is 3. The van der Waals surface area contributed by atoms with E-state index in [1.54, 1.807) is 29.7 Å². The lowest BCUT2D eigenvalue weighted by atomic mass is 10.1. The van der Waals surface area contributed by atoms with Crippen LogP contribution < -0.4 is 5.32 Å². The molecule has 0 fully saturated rings. The summed E-state index contributed by atoms with van der Waals surface area (Å²) in [5.74, 6) is 0.456. The zero-order chi connectivity index (χ0) is 21.2. The molecule has 0 aliphatic carbocycles. The molecule has 1 N–H and O–H groups in total. The van der Waals surface area contributed by atoms with Crippen LogP contribution in [0.4, 0.5) is 0 Å². The van der Waals surface area contributed by atoms with Crippen LogP contribution in [0.3, 0.4) is 0 Å². The first kappa shape index (κ1) is 23.3. The quantitative estimate of drug-likeness (QED) is 0.528. The number of carbonyl (C=O) groups excluding carboxylic acids is 2. The molecule has 2 amide bonds. The minimum Gasteiger partial charge on any atom is -0.352 e. The molecule has 29 heavy (non-hydrogen) atoms. The number of amides is 2. The van der Waals surface area contributed by atoms with E-state index in [-0.39, 0.29) is 17.9 Å². The molecule has 0 heterocycles. The molecule has 4 nitrogen and oxygen atoms in total. The first-order valence-corrected chi connectivity index (χ1v) is 11.3. The molecule has 2 aromatic rings. The van der Waals surface area contributed by atoms with Crippen LogP contribution in [0.2, 0.25) is 5.02 Å². The number of benzene rings is 2. The Bertz CT molecular complexity index is 800. The zero-order valence-corrected chi connectivity index (χ0v) is 18.8. The van der Waals surface area contributed by atoms with Gasteiger partial charge < -0.3 is 10.2 Å². The average Bonchev–Trinajstić information content (AvgIpc) is 2.73. The van der Waals surface area contributed by atoms with E-state index in [9.17, 15) is 9.59 Å². The molecule has 0 aliphatic heterocycles. The molecule has 0 saturated heterocycles. The van der Waals surface area contributed by atoms with Gasteiger partial charge in [0.15, 0.2) is 0 Å². The monoisotopic (exact) mass is 432 g/mol. The topological polar surface area (TPSA) is 49.4 Å². The molecular weight excluding hydrogens is 404 g/mol. The Kier molecular flexibility index (Phi) is 9.55. The summed E-state index contributed by atoms with van der Waals surface area (Å²) < 4.78 is 0. The summed E-state index contributed by atoms with van der Waals surface area (Å²) in [6, 6.07) is 16.9. The molecule has 0 saturated carbocycles. The van der Waals surface area contributed by atoms with Gasteiger partial charge >= 0.3 is 0 Å². The fraction of sp³-hybridized carbons (Fsp3) is 0.391. The van der Waals surface area contributed by atoms with E-state index in [0.717, 1.165) is 16.9 Å². The van der Waals surface area contributed by atoms with Crippen molar-refractivity contribution >= 4 is 35.2 Å². The Labute approximate surface area is 183 Å². The maximum atomic E-state index is 13.0. The van der Waals surface area contributed by atoms with Crippen LogP contribution in [0.1, 0.15) is 39.2 Å². The summed E-state index contributed by atoms with van der Waals surface area (Å²) >= 11 is 7.94. The standard InChI is InChI=1S/C23H29ClN2O2S/c1-4-17(2)25-23(28)18(3)26(16-19-10-8-9-13-21(19)24)22(27)14-15-29-20-11-6-5-7-12-20/h5-13,17-18H,4,14-16H2,1-3H3,(H,25,28)/t17-,18-/m0/s1. The van der Waals surface area contributed by atoms with E-state index in [0.29, 0.717) is 23.7 Å². The molecule has 6 heteroatoms. The van der Waals surface area contributed by atoms with Crippen LogP contribution in [0.15, 0.2) is 59.5 Å². The lowest BCUT2D eigenvalue weighted by Crippen LogP contribution is -2.49. The number of nitrogens with one attached hydrogen (secondary N) is 1. The second-order valence-electron chi connectivity index (χ2n) is 7.02. The van der Waals surface area contributed by atoms with Crippen LogP contribution >= 0.6 is 23.4 Å². The minimum absolute atomic E-state index is 0.0554. The highest BCUT2D eigenvalue weighted by Gasteiger charge is 2.27. The van der Waals surface area contributed by atoms with Gasteiger partial charge in [0, 0.05) is 34.7 Å². The van der Waals surface area contributed by atoms with Crippen LogP contribution in [-0.2, 0) is 16.1 Å². The van der Waals surface area contributed by atoms with Crippen molar-refractivity contribution in [2.75, 3.05) is 5.75 Å². The molecule has 0 aromatic heterocycles. The van der Waals surface area contributed by atoms with Crippen molar-refractivity contribution in [2.24, 2.45) is 0 Å². The molecule has 156 valence electrons. The van der Waals surface area contributed by atoms with Gasteiger partial charge in [0.05, 0.1) is 0 Å². The van der Waals surface area contributed by atoms with E-state index >= 15 is 0 Å². The maximum absolute atomic E-state index is 13.0. The smallest absolute Gasteiger partial charge is 0.242 e. The van der Waals surface area contributed by atoms with E-state index in [1.165, 1.54) is 0 Å². The predicted octanol–water partition coefficient (Wildman–Crippen LogP) is 5.15. The third-order valence-electron chi connectivity index (χ3n) is 4.79. The molecule has 0 radical (unpaired) electrons. The molecule has 2 aromatic carbocycles. The minimum atomic E-state index is -0.575. The SMILES string of the molecule is CC[C@H](C)NC(=O)[C@H](C)N(Cc1ccccc1Cl)C(=O)CCSc1ccccc1. The van der Waals surface area contributed by atoms with Crippen molar-refractivity contribution in [3.8, 4) is 0 Å². The van der Waals surface area contributed by atoms with Crippen molar-refractivity contribution in [2.45, 2.75) is 57.1 Å². The Morgan fingerprint density at radius 1 is 1.07 bits per heavy atom. The number of hydrogen-bond donors (Lipinski definition) is 1. The lowest BCUT2D eigenvalue weighted by molar-refractivity contribution is -0.140. The van der Waals surface area contributed by atoms with Gasteiger partial charge in [-0.15, -0.1) is 11.8 Å². The number of thioether (sulfide) groups is 1. The predicted molar refractivity (Wildman–Crippen MR) is 121 cm³/mol. The van der Waals surface area contributed by atoms with E-state index in [4.69, 9.17) is 11.6 Å². The molecular formula is C23H29ClN2O2S. The normalized spacial score (nSPS) is 12.8. The van der Waals surface area contributed by atoms with Crippen LogP contribution in [0.25, 0.3) is 0 Å². The Hall–Kier alpha value is -1.98. The first-order chi connectivity index (χ1) is 13.9. The van der Waals surface area contributed by atoms with Gasteiger partial charge in [0.1, 0.15) is 6.04 Å². The molecule has 2 atom stereocenters. The van der Waals surface area contributed by atoms with Crippen molar-refractivity contribution in [3.63, 3.8) is 0 Å². The second kappa shape index (κ2) is 11.9. The molecule has 2 rings (SSSR count). The molecule has 0 spiro atoms. The zero-order valence-electron chi connectivity index (χ0n) is 17.2. The second-order valence-corrected chi connectivity index (χ2v) is 8.59. The maximum Gasteiger partial charge on any atom is 0.242 e. The highest BCUT2D eigenvalue weighted by molar-refractivity contribution is 7.99. The van der Waals surface area contributed by atoms with E-state index in [2.05, 4.69) is 5.32 Å². The average molecular weight is 433 g/mol. The third-order valence-corrected chi connectivity index (χ3v) is 6.18. The number of halogens is 1. The van der Waals surface area contributed by atoms with Crippen molar-refractivity contribution < 1.29 is 9.59 Å². The van der Waals surface area contributed by atoms with Gasteiger partial charge in [-0.05, 0) is 44.0 Å². The van der Waals surface area contributed by atoms with Crippen molar-refractivity contribution in [1.29, 1.82) is 0 Å². The summed E-state index contributed by atoms with van der Waals surface area (Å²) in [6.07, 6.45) is 1.19. The highest BCUT2D eigenvalue weighted by Crippen LogP contribution is 2.21. The lowest BCUT2D eigenvalue weighted by Gasteiger charge is -2.30. The van der Waals surface area contributed by atoms with E-state index in [1.807, 2.05) is 62.4 Å². The van der Waals surface area contributed by atoms with Crippen molar-refractivity contribution in [3.05, 3.63) is 65.2 Å². The van der Waals surface area contributed by atoms with E-state index < -0.39 is 6.04 Å². The molecule has 0 aliphatic rings. The van der Waals surface area contributed by atoms with Crippen molar-refractivity contribution in [1.82, 2.24) is 10.2 Å². The van der Waals surface area contributed by atoms with Gasteiger partial charge in [0.2, 0.25) is 11.8 Å². The Balaban J connectivity index is 2.08. The fourth-order valence-corrected chi connectivity index (χ4v) is 3.83. The number of rotatable bonds is 10. The van der Waals surface area contributed by atoms with Crippen LogP contribution in [0.5, 0.6) is 0 Å². The summed E-state index contributed by atoms with van der Waals surface area (Å²) in [5, 5.41) is 3.57. The third kappa shape index (κ3) is 7.41. The largest absolute Gasteiger partial charge is 0.352 e. The van der Waals surface area contributed by atoms with Crippen LogP contribution in [-0.4, -0.2) is 34.6 Å². The number of nitrogens with zero attached hydrogens (tertiary/aromatic N) is 1. The van der Waals surface area contributed by atoms with Gasteiger partial charge in [-0.25, -0.2) is 0 Å². The Morgan fingerprint density at radius 2 is 1.72 bits per heavy atom. The molecule has 0 bridgehead atoms. The summed E-state index contributed by atoms with van der Waals surface area (Å²) in [5.41, 5.74) is 0.835. The van der Waals surface area contributed by atoms with Crippen LogP contribution in [0, 0.1) is 0 Å². The molecule has 0 unspecified atom stereocenters. The fourth-order valence-electron chi connectivity index (χ4n) is 2.77. The van der Waals surface area contributed by atoms with Gasteiger partial charge in [-0.1, -0.05) is 54.9 Å². The summed E-state index contributed by atoms with van der Waals surface area (Å²) in [4.78, 5) is 28.5. The van der Waals surface area contributed by atoms with Gasteiger partial charge in [0.25, 0.3) is 0 Å². The highest BCUT2D eigenvalue weighted by atomic mass is 35.5. The summed E-state index contributed by atoms with van der Waals surface area (Å²) in [6.45, 7) is 6.06. The Morgan fingerprint density at radius 3 is 2.38 bits per heavy atom. The first-order valence-electron chi connectivity index (χ1n) is 9.93. The van der Waals surface area contributed by atoms with Gasteiger partial charge in [-0.3, -0.25) is 9.59 Å². The van der Waals surface area contributed by atoms with Gasteiger partial charge in [-0.2, -0.15) is 0 Å².